The molecule has 1 aromatic carbocycles. The zero-order valence-corrected chi connectivity index (χ0v) is 15.8. The molecule has 0 amide bonds. The zero-order valence-electron chi connectivity index (χ0n) is 13.5. The molecule has 1 aliphatic rings. The molecule has 1 saturated carbocycles. The van der Waals surface area contributed by atoms with Crippen LogP contribution in [0.25, 0.3) is 0 Å². The van der Waals surface area contributed by atoms with Crippen molar-refractivity contribution in [1.82, 2.24) is 10.6 Å². The van der Waals surface area contributed by atoms with Crippen molar-refractivity contribution in [1.29, 1.82) is 5.26 Å². The van der Waals surface area contributed by atoms with Crippen LogP contribution in [0.15, 0.2) is 29.3 Å². The molecule has 23 heavy (non-hydrogen) atoms. The minimum atomic E-state index is -0.147. The summed E-state index contributed by atoms with van der Waals surface area (Å²) >= 11 is 0. The SMILES string of the molecule is CCNC(=NCc1cccc(C#N)c1)NC1CCC(O)CC1.I. The van der Waals surface area contributed by atoms with Gasteiger partial charge in [-0.05, 0) is 50.3 Å². The fraction of sp³-hybridized carbons (Fsp3) is 0.529. The summed E-state index contributed by atoms with van der Waals surface area (Å²) in [5.74, 6) is 0.797. The standard InChI is InChI=1S/C17H24N4O.HI/c1-2-19-17(21-15-6-8-16(22)9-7-15)20-12-14-5-3-4-13(10-14)11-18;/h3-5,10,15-16,22H,2,6-9,12H2,1H3,(H2,19,20,21);1H. The Morgan fingerprint density at radius 1 is 1.35 bits per heavy atom. The number of benzene rings is 1. The highest BCUT2D eigenvalue weighted by molar-refractivity contribution is 14.0. The van der Waals surface area contributed by atoms with E-state index in [4.69, 9.17) is 5.26 Å². The number of guanidine groups is 1. The van der Waals surface area contributed by atoms with Crippen LogP contribution >= 0.6 is 24.0 Å². The van der Waals surface area contributed by atoms with Crippen LogP contribution in [0, 0.1) is 11.3 Å². The Morgan fingerprint density at radius 3 is 2.74 bits per heavy atom. The van der Waals surface area contributed by atoms with Gasteiger partial charge in [0, 0.05) is 12.6 Å². The quantitative estimate of drug-likeness (QED) is 0.391. The summed E-state index contributed by atoms with van der Waals surface area (Å²) in [4.78, 5) is 4.59. The van der Waals surface area contributed by atoms with Crippen molar-refractivity contribution in [2.24, 2.45) is 4.99 Å². The number of aliphatic hydroxyl groups is 1. The van der Waals surface area contributed by atoms with Crippen LogP contribution in [0.3, 0.4) is 0 Å². The molecule has 0 radical (unpaired) electrons. The van der Waals surface area contributed by atoms with Crippen molar-refractivity contribution in [2.45, 2.75) is 51.3 Å². The maximum absolute atomic E-state index is 9.57. The molecule has 0 aliphatic heterocycles. The van der Waals surface area contributed by atoms with Gasteiger partial charge in [-0.1, -0.05) is 12.1 Å². The van der Waals surface area contributed by atoms with Crippen LogP contribution in [0.1, 0.15) is 43.7 Å². The van der Waals surface area contributed by atoms with E-state index >= 15 is 0 Å². The first-order valence-corrected chi connectivity index (χ1v) is 7.93. The third-order valence-corrected chi connectivity index (χ3v) is 3.86. The minimum absolute atomic E-state index is 0. The third-order valence-electron chi connectivity index (χ3n) is 3.86. The molecule has 1 aromatic rings. The number of nitrogens with zero attached hydrogens (tertiary/aromatic N) is 2. The van der Waals surface area contributed by atoms with E-state index in [9.17, 15) is 5.11 Å². The van der Waals surface area contributed by atoms with E-state index in [2.05, 4.69) is 21.7 Å². The fourth-order valence-corrected chi connectivity index (χ4v) is 2.64. The first-order valence-electron chi connectivity index (χ1n) is 7.93. The number of aliphatic imine (C=N–C) groups is 1. The molecule has 0 saturated heterocycles. The van der Waals surface area contributed by atoms with Gasteiger partial charge >= 0.3 is 0 Å². The summed E-state index contributed by atoms with van der Waals surface area (Å²) in [5, 5.41) is 25.2. The van der Waals surface area contributed by atoms with Crippen LogP contribution in [0.2, 0.25) is 0 Å². The number of rotatable bonds is 4. The Morgan fingerprint density at radius 2 is 2.09 bits per heavy atom. The fourth-order valence-electron chi connectivity index (χ4n) is 2.64. The average molecular weight is 428 g/mol. The van der Waals surface area contributed by atoms with E-state index < -0.39 is 0 Å². The molecule has 0 aromatic heterocycles. The van der Waals surface area contributed by atoms with Crippen molar-refractivity contribution in [3.05, 3.63) is 35.4 Å². The van der Waals surface area contributed by atoms with Gasteiger partial charge in [-0.25, -0.2) is 4.99 Å². The second-order valence-electron chi connectivity index (χ2n) is 5.66. The molecular weight excluding hydrogens is 403 g/mol. The normalized spacial score (nSPS) is 21.0. The molecule has 0 unspecified atom stereocenters. The van der Waals surface area contributed by atoms with Crippen LogP contribution in [0.4, 0.5) is 0 Å². The molecular formula is C17H25IN4O. The van der Waals surface area contributed by atoms with E-state index in [0.717, 1.165) is 43.8 Å². The van der Waals surface area contributed by atoms with Gasteiger partial charge in [0.1, 0.15) is 0 Å². The highest BCUT2D eigenvalue weighted by Crippen LogP contribution is 2.18. The van der Waals surface area contributed by atoms with Gasteiger partial charge in [-0.3, -0.25) is 0 Å². The van der Waals surface area contributed by atoms with Gasteiger partial charge < -0.3 is 15.7 Å². The zero-order chi connectivity index (χ0) is 15.8. The number of hydrogen-bond acceptors (Lipinski definition) is 3. The first kappa shape index (κ1) is 19.7. The maximum Gasteiger partial charge on any atom is 0.191 e. The Hall–Kier alpha value is -1.33. The number of hydrogen-bond donors (Lipinski definition) is 3. The smallest absolute Gasteiger partial charge is 0.191 e. The summed E-state index contributed by atoms with van der Waals surface area (Å²) in [6.07, 6.45) is 3.49. The molecule has 0 spiro atoms. The second kappa shape index (κ2) is 10.4. The van der Waals surface area contributed by atoms with Gasteiger partial charge in [-0.15, -0.1) is 24.0 Å². The molecule has 0 bridgehead atoms. The maximum atomic E-state index is 9.57. The molecule has 6 heteroatoms. The Balaban J connectivity index is 0.00000264. The number of aliphatic hydroxyl groups excluding tert-OH is 1. The monoisotopic (exact) mass is 428 g/mol. The number of halogens is 1. The highest BCUT2D eigenvalue weighted by atomic mass is 127. The topological polar surface area (TPSA) is 80.4 Å². The second-order valence-corrected chi connectivity index (χ2v) is 5.66. The average Bonchev–Trinajstić information content (AvgIpc) is 2.55. The van der Waals surface area contributed by atoms with Gasteiger partial charge in [0.15, 0.2) is 5.96 Å². The van der Waals surface area contributed by atoms with Crippen LogP contribution in [-0.2, 0) is 6.54 Å². The minimum Gasteiger partial charge on any atom is -0.393 e. The molecule has 2 rings (SSSR count). The number of nitriles is 1. The van der Waals surface area contributed by atoms with Gasteiger partial charge in [0.05, 0.1) is 24.3 Å². The van der Waals surface area contributed by atoms with E-state index in [-0.39, 0.29) is 30.1 Å². The lowest BCUT2D eigenvalue weighted by Gasteiger charge is -2.27. The van der Waals surface area contributed by atoms with Crippen LogP contribution < -0.4 is 10.6 Å². The Labute approximate surface area is 155 Å². The molecule has 1 aliphatic carbocycles. The molecule has 126 valence electrons. The predicted octanol–water partition coefficient (Wildman–Crippen LogP) is 2.53. The summed E-state index contributed by atoms with van der Waals surface area (Å²) in [7, 11) is 0. The Kier molecular flexibility index (Phi) is 8.95. The lowest BCUT2D eigenvalue weighted by molar-refractivity contribution is 0.120. The van der Waals surface area contributed by atoms with Crippen LogP contribution in [0.5, 0.6) is 0 Å². The largest absolute Gasteiger partial charge is 0.393 e. The van der Waals surface area contributed by atoms with Crippen molar-refractivity contribution in [3.8, 4) is 6.07 Å². The lowest BCUT2D eigenvalue weighted by Crippen LogP contribution is -2.45. The summed E-state index contributed by atoms with van der Waals surface area (Å²) in [6.45, 7) is 3.39. The van der Waals surface area contributed by atoms with Crippen molar-refractivity contribution >= 4 is 29.9 Å². The third kappa shape index (κ3) is 6.75. The highest BCUT2D eigenvalue weighted by Gasteiger charge is 2.19. The molecule has 0 atom stereocenters. The predicted molar refractivity (Wildman–Crippen MR) is 103 cm³/mol. The Bertz CT molecular complexity index is 548. The van der Waals surface area contributed by atoms with Crippen molar-refractivity contribution in [2.75, 3.05) is 6.54 Å². The van der Waals surface area contributed by atoms with Gasteiger partial charge in [0.25, 0.3) is 0 Å². The van der Waals surface area contributed by atoms with E-state index in [1.807, 2.05) is 25.1 Å². The lowest BCUT2D eigenvalue weighted by atomic mass is 9.93. The summed E-state index contributed by atoms with van der Waals surface area (Å²) in [6, 6.07) is 10.0. The summed E-state index contributed by atoms with van der Waals surface area (Å²) < 4.78 is 0. The van der Waals surface area contributed by atoms with E-state index in [1.165, 1.54) is 0 Å². The summed E-state index contributed by atoms with van der Waals surface area (Å²) in [5.41, 5.74) is 1.68. The van der Waals surface area contributed by atoms with Crippen molar-refractivity contribution in [3.63, 3.8) is 0 Å². The van der Waals surface area contributed by atoms with Gasteiger partial charge in [-0.2, -0.15) is 5.26 Å². The van der Waals surface area contributed by atoms with Crippen molar-refractivity contribution < 1.29 is 5.11 Å². The van der Waals surface area contributed by atoms with Gasteiger partial charge in [0.2, 0.25) is 0 Å². The van der Waals surface area contributed by atoms with E-state index in [1.54, 1.807) is 6.07 Å². The molecule has 0 heterocycles. The molecule has 5 nitrogen and oxygen atoms in total. The van der Waals surface area contributed by atoms with E-state index in [0.29, 0.717) is 18.2 Å². The first-order chi connectivity index (χ1) is 10.7. The number of nitrogens with one attached hydrogen (secondary N) is 2. The molecule has 3 N–H and O–H groups in total. The van der Waals surface area contributed by atoms with Crippen LogP contribution in [-0.4, -0.2) is 29.8 Å². The molecule has 1 fully saturated rings.